The number of hydrogen-bond acceptors (Lipinski definition) is 6. The fourth-order valence-electron chi connectivity index (χ4n) is 2.37. The lowest BCUT2D eigenvalue weighted by Gasteiger charge is -2.05. The molecule has 0 aliphatic rings. The van der Waals surface area contributed by atoms with E-state index < -0.39 is 4.92 Å². The van der Waals surface area contributed by atoms with E-state index in [1.165, 1.54) is 23.5 Å². The number of nitriles is 1. The molecule has 0 radical (unpaired) electrons. The van der Waals surface area contributed by atoms with Crippen molar-refractivity contribution < 1.29 is 4.92 Å². The van der Waals surface area contributed by atoms with Gasteiger partial charge in [-0.3, -0.25) is 10.1 Å². The minimum atomic E-state index is -0.438. The summed E-state index contributed by atoms with van der Waals surface area (Å²) in [6, 6.07) is 14.5. The predicted octanol–water partition coefficient (Wildman–Crippen LogP) is 5.77. The van der Waals surface area contributed by atoms with Crippen molar-refractivity contribution >= 4 is 44.2 Å². The molecule has 2 aromatic carbocycles. The average Bonchev–Trinajstić information content (AvgIpc) is 3.13. The first-order valence-electron chi connectivity index (χ1n) is 7.81. The summed E-state index contributed by atoms with van der Waals surface area (Å²) < 4.78 is 0.988. The third-order valence-electron chi connectivity index (χ3n) is 3.79. The van der Waals surface area contributed by atoms with Crippen LogP contribution in [0.4, 0.5) is 11.4 Å². The summed E-state index contributed by atoms with van der Waals surface area (Å²) in [6.45, 7) is 1.77. The molecule has 0 saturated carbocycles. The van der Waals surface area contributed by atoms with Gasteiger partial charge in [-0.25, -0.2) is 4.98 Å². The minimum absolute atomic E-state index is 0.0293. The van der Waals surface area contributed by atoms with E-state index in [0.29, 0.717) is 21.8 Å². The maximum absolute atomic E-state index is 10.8. The van der Waals surface area contributed by atoms with E-state index in [2.05, 4.69) is 32.3 Å². The van der Waals surface area contributed by atoms with Gasteiger partial charge in [-0.15, -0.1) is 11.3 Å². The monoisotopic (exact) mass is 440 g/mol. The molecular formula is C19H13BrN4O2S. The van der Waals surface area contributed by atoms with E-state index in [0.717, 1.165) is 15.7 Å². The van der Waals surface area contributed by atoms with Crippen LogP contribution in [0, 0.1) is 28.4 Å². The maximum Gasteiger partial charge on any atom is 0.269 e. The van der Waals surface area contributed by atoms with Gasteiger partial charge >= 0.3 is 0 Å². The molecule has 0 saturated heterocycles. The Morgan fingerprint density at radius 3 is 2.70 bits per heavy atom. The molecule has 1 aromatic heterocycles. The van der Waals surface area contributed by atoms with Crippen molar-refractivity contribution in [1.82, 2.24) is 4.98 Å². The lowest BCUT2D eigenvalue weighted by Crippen LogP contribution is -1.95. The van der Waals surface area contributed by atoms with Crippen LogP contribution in [0.2, 0.25) is 0 Å². The summed E-state index contributed by atoms with van der Waals surface area (Å²) in [7, 11) is 0. The van der Waals surface area contributed by atoms with E-state index in [-0.39, 0.29) is 5.69 Å². The Bertz CT molecular complexity index is 1070. The van der Waals surface area contributed by atoms with Crippen molar-refractivity contribution in [2.24, 2.45) is 0 Å². The molecule has 0 fully saturated rings. The first-order valence-corrected chi connectivity index (χ1v) is 9.49. The van der Waals surface area contributed by atoms with Gasteiger partial charge in [-0.05, 0) is 30.7 Å². The zero-order valence-corrected chi connectivity index (χ0v) is 16.5. The second kappa shape index (κ2) is 8.12. The highest BCUT2D eigenvalue weighted by molar-refractivity contribution is 9.10. The molecule has 0 aliphatic heterocycles. The van der Waals surface area contributed by atoms with Gasteiger partial charge in [-0.2, -0.15) is 5.26 Å². The highest BCUT2D eigenvalue weighted by Gasteiger charge is 2.10. The van der Waals surface area contributed by atoms with Crippen LogP contribution >= 0.6 is 27.3 Å². The Labute approximate surface area is 168 Å². The number of hydrogen-bond donors (Lipinski definition) is 1. The molecule has 3 rings (SSSR count). The summed E-state index contributed by atoms with van der Waals surface area (Å²) in [5, 5.41) is 25.8. The summed E-state index contributed by atoms with van der Waals surface area (Å²) >= 11 is 4.79. The third kappa shape index (κ3) is 4.39. The number of halogens is 1. The number of aryl methyl sites for hydroxylation is 1. The van der Waals surface area contributed by atoms with Gasteiger partial charge in [-0.1, -0.05) is 28.1 Å². The minimum Gasteiger partial charge on any atom is -0.360 e. The smallest absolute Gasteiger partial charge is 0.269 e. The van der Waals surface area contributed by atoms with Gasteiger partial charge < -0.3 is 5.32 Å². The first-order chi connectivity index (χ1) is 13.0. The molecule has 3 aromatic rings. The molecule has 0 amide bonds. The fourth-order valence-corrected chi connectivity index (χ4v) is 3.42. The van der Waals surface area contributed by atoms with Gasteiger partial charge in [0.1, 0.15) is 16.6 Å². The van der Waals surface area contributed by atoms with Crippen molar-refractivity contribution in [2.75, 3.05) is 5.32 Å². The second-order valence-electron chi connectivity index (χ2n) is 5.62. The number of nitrogens with one attached hydrogen (secondary N) is 1. The Morgan fingerprint density at radius 2 is 2.07 bits per heavy atom. The Morgan fingerprint density at radius 1 is 1.33 bits per heavy atom. The van der Waals surface area contributed by atoms with Gasteiger partial charge in [0.2, 0.25) is 0 Å². The standard InChI is InChI=1S/C19H13BrN4O2S/c1-12-8-16(24(25)26)6-7-17(12)22-10-14(9-21)19-23-18(11-27-19)13-2-4-15(20)5-3-13/h2-8,10-11,22H,1H3. The number of nitro groups is 1. The highest BCUT2D eigenvalue weighted by Crippen LogP contribution is 2.27. The number of non-ortho nitro benzene ring substituents is 1. The Kier molecular flexibility index (Phi) is 5.64. The van der Waals surface area contributed by atoms with E-state index >= 15 is 0 Å². The largest absolute Gasteiger partial charge is 0.360 e. The lowest BCUT2D eigenvalue weighted by atomic mass is 10.2. The van der Waals surface area contributed by atoms with Crippen molar-refractivity contribution in [3.05, 3.63) is 79.2 Å². The summed E-state index contributed by atoms with van der Waals surface area (Å²) in [6.07, 6.45) is 1.57. The molecule has 6 nitrogen and oxygen atoms in total. The van der Waals surface area contributed by atoms with Crippen LogP contribution < -0.4 is 5.32 Å². The van der Waals surface area contributed by atoms with Gasteiger partial charge in [0.15, 0.2) is 0 Å². The van der Waals surface area contributed by atoms with Crippen LogP contribution in [-0.2, 0) is 0 Å². The van der Waals surface area contributed by atoms with E-state index in [1.807, 2.05) is 29.6 Å². The quantitative estimate of drug-likeness (QED) is 0.309. The molecule has 8 heteroatoms. The molecule has 0 aliphatic carbocycles. The van der Waals surface area contributed by atoms with Gasteiger partial charge in [0.25, 0.3) is 5.69 Å². The molecule has 134 valence electrons. The van der Waals surface area contributed by atoms with Crippen LogP contribution in [0.5, 0.6) is 0 Å². The third-order valence-corrected chi connectivity index (χ3v) is 5.19. The SMILES string of the molecule is Cc1cc([N+](=O)[O-])ccc1NC=C(C#N)c1nc(-c2ccc(Br)cc2)cs1. The van der Waals surface area contributed by atoms with Crippen LogP contribution in [0.25, 0.3) is 16.8 Å². The second-order valence-corrected chi connectivity index (χ2v) is 7.39. The summed E-state index contributed by atoms with van der Waals surface area (Å²) in [5.74, 6) is 0. The number of thiazole rings is 1. The summed E-state index contributed by atoms with van der Waals surface area (Å²) in [5.41, 5.74) is 3.60. The van der Waals surface area contributed by atoms with Crippen LogP contribution in [0.15, 0.2) is 58.5 Å². The number of nitrogens with zero attached hydrogens (tertiary/aromatic N) is 3. The maximum atomic E-state index is 10.8. The Balaban J connectivity index is 1.82. The molecule has 1 heterocycles. The Hall–Kier alpha value is -3.02. The van der Waals surface area contributed by atoms with E-state index in [4.69, 9.17) is 0 Å². The predicted molar refractivity (Wildman–Crippen MR) is 110 cm³/mol. The summed E-state index contributed by atoms with van der Waals surface area (Å²) in [4.78, 5) is 14.9. The number of anilines is 1. The zero-order valence-electron chi connectivity index (χ0n) is 14.1. The molecule has 0 bridgehead atoms. The fraction of sp³-hybridized carbons (Fsp3) is 0.0526. The number of rotatable bonds is 5. The molecule has 1 N–H and O–H groups in total. The lowest BCUT2D eigenvalue weighted by molar-refractivity contribution is -0.384. The molecule has 0 atom stereocenters. The number of nitro benzene ring substituents is 1. The topological polar surface area (TPSA) is 91.9 Å². The number of aromatic nitrogens is 1. The number of allylic oxidation sites excluding steroid dienone is 1. The van der Waals surface area contributed by atoms with E-state index in [1.54, 1.807) is 19.2 Å². The highest BCUT2D eigenvalue weighted by atomic mass is 79.9. The van der Waals surface area contributed by atoms with E-state index in [9.17, 15) is 15.4 Å². The van der Waals surface area contributed by atoms with Crippen LogP contribution in [0.1, 0.15) is 10.6 Å². The van der Waals surface area contributed by atoms with Gasteiger partial charge in [0, 0.05) is 39.4 Å². The molecular weight excluding hydrogens is 428 g/mol. The normalized spacial score (nSPS) is 11.1. The van der Waals surface area contributed by atoms with Crippen LogP contribution in [0.3, 0.4) is 0 Å². The first kappa shape index (κ1) is 18.8. The zero-order chi connectivity index (χ0) is 19.4. The van der Waals surface area contributed by atoms with Crippen molar-refractivity contribution in [1.29, 1.82) is 5.26 Å². The molecule has 27 heavy (non-hydrogen) atoms. The number of benzene rings is 2. The average molecular weight is 441 g/mol. The van der Waals surface area contributed by atoms with Crippen molar-refractivity contribution in [3.63, 3.8) is 0 Å². The van der Waals surface area contributed by atoms with Crippen molar-refractivity contribution in [3.8, 4) is 17.3 Å². The molecule has 0 unspecified atom stereocenters. The molecule has 0 spiro atoms. The van der Waals surface area contributed by atoms with Crippen LogP contribution in [-0.4, -0.2) is 9.91 Å². The van der Waals surface area contributed by atoms with Crippen molar-refractivity contribution in [2.45, 2.75) is 6.92 Å². The van der Waals surface area contributed by atoms with Gasteiger partial charge in [0.05, 0.1) is 10.6 Å².